The van der Waals surface area contributed by atoms with Gasteiger partial charge in [-0.2, -0.15) is 0 Å². The van der Waals surface area contributed by atoms with E-state index < -0.39 is 0 Å². The highest BCUT2D eigenvalue weighted by Crippen LogP contribution is 2.71. The van der Waals surface area contributed by atoms with Crippen molar-refractivity contribution in [3.8, 4) is 0 Å². The van der Waals surface area contributed by atoms with E-state index in [-0.39, 0.29) is 17.9 Å². The largest absolute Gasteiger partial charge is 0.463 e. The van der Waals surface area contributed by atoms with Crippen LogP contribution in [0.25, 0.3) is 0 Å². The zero-order valence-electron chi connectivity index (χ0n) is 21.6. The van der Waals surface area contributed by atoms with E-state index in [4.69, 9.17) is 14.2 Å². The van der Waals surface area contributed by atoms with Crippen LogP contribution < -0.4 is 0 Å². The first-order chi connectivity index (χ1) is 15.7. The zero-order valence-corrected chi connectivity index (χ0v) is 21.6. The molecular weight excluding hydrogens is 412 g/mol. The molecule has 6 fully saturated rings. The number of esters is 1. The standard InChI is InChI=1S/C29H46O4/c1-17-8-13-29(31-16-17)18(2)26-25(33-29)15-24-22-7-6-20-14-21(32-19(3)30)9-11-27(20,4)23(22)10-12-28(24,26)5/h17-18,20-26H,6-16H2,1-5H3/t17-,18+,20?,21+,22-,23+,24+,25+,26+,27+,28+,29-/m1/s1. The predicted octanol–water partition coefficient (Wildman–Crippen LogP) is 6.36. The van der Waals surface area contributed by atoms with Crippen LogP contribution in [0.5, 0.6) is 0 Å². The summed E-state index contributed by atoms with van der Waals surface area (Å²) in [5, 5.41) is 0. The Hall–Kier alpha value is -0.610. The lowest BCUT2D eigenvalue weighted by atomic mass is 9.44. The van der Waals surface area contributed by atoms with Gasteiger partial charge in [-0.15, -0.1) is 0 Å². The first-order valence-corrected chi connectivity index (χ1v) is 14.2. The maximum Gasteiger partial charge on any atom is 0.302 e. The number of carbonyl (C=O) groups excluding carboxylic acids is 1. The fourth-order valence-electron chi connectivity index (χ4n) is 10.6. The number of rotatable bonds is 1. The Labute approximate surface area is 200 Å². The monoisotopic (exact) mass is 458 g/mol. The lowest BCUT2D eigenvalue weighted by molar-refractivity contribution is -0.273. The molecule has 0 N–H and O–H groups in total. The zero-order chi connectivity index (χ0) is 23.2. The molecule has 4 saturated carbocycles. The van der Waals surface area contributed by atoms with Crippen molar-refractivity contribution < 1.29 is 19.0 Å². The molecule has 2 aliphatic heterocycles. The molecule has 33 heavy (non-hydrogen) atoms. The number of hydrogen-bond donors (Lipinski definition) is 0. The number of ether oxygens (including phenoxy) is 3. The SMILES string of the molecule is CC(=O)O[C@H]1CC[C@@]2(C)C(CC[C@H]3[C@@H]4C[C@@H]5O[C@]6(CC[C@@H](C)CO6)[C@@H](C)[C@@H]5[C@@]4(C)CC[C@@H]32)C1. The van der Waals surface area contributed by atoms with Crippen molar-refractivity contribution in [1.82, 2.24) is 0 Å². The fraction of sp³-hybridized carbons (Fsp3) is 0.966. The molecule has 1 unspecified atom stereocenters. The van der Waals surface area contributed by atoms with Crippen LogP contribution in [0.4, 0.5) is 0 Å². The Balaban J connectivity index is 1.21. The van der Waals surface area contributed by atoms with Gasteiger partial charge in [0.25, 0.3) is 0 Å². The summed E-state index contributed by atoms with van der Waals surface area (Å²) in [6, 6.07) is 0. The van der Waals surface area contributed by atoms with Gasteiger partial charge in [0.2, 0.25) is 0 Å². The third-order valence-electron chi connectivity index (χ3n) is 12.2. The summed E-state index contributed by atoms with van der Waals surface area (Å²) in [5.41, 5.74) is 0.828. The van der Waals surface area contributed by atoms with Gasteiger partial charge in [0, 0.05) is 19.3 Å². The molecular formula is C29H46O4. The van der Waals surface area contributed by atoms with Crippen LogP contribution >= 0.6 is 0 Å². The summed E-state index contributed by atoms with van der Waals surface area (Å²) in [7, 11) is 0. The van der Waals surface area contributed by atoms with E-state index in [1.54, 1.807) is 6.92 Å². The van der Waals surface area contributed by atoms with Crippen molar-refractivity contribution in [2.75, 3.05) is 6.61 Å². The van der Waals surface area contributed by atoms with Gasteiger partial charge in [0.05, 0.1) is 12.7 Å². The minimum absolute atomic E-state index is 0.105. The lowest BCUT2D eigenvalue weighted by Gasteiger charge is -2.61. The average Bonchev–Trinajstić information content (AvgIpc) is 3.21. The highest BCUT2D eigenvalue weighted by atomic mass is 16.7. The van der Waals surface area contributed by atoms with Crippen LogP contribution in [0, 0.1) is 52.3 Å². The van der Waals surface area contributed by atoms with Crippen LogP contribution in [0.1, 0.15) is 98.8 Å². The summed E-state index contributed by atoms with van der Waals surface area (Å²) in [6.07, 6.45) is 12.9. The summed E-state index contributed by atoms with van der Waals surface area (Å²) >= 11 is 0. The van der Waals surface area contributed by atoms with E-state index in [0.717, 1.165) is 49.5 Å². The number of fused-ring (bicyclic) bond motifs is 7. The van der Waals surface area contributed by atoms with E-state index in [1.807, 2.05) is 0 Å². The summed E-state index contributed by atoms with van der Waals surface area (Å²) in [6.45, 7) is 12.4. The number of carbonyl (C=O) groups is 1. The molecule has 0 radical (unpaired) electrons. The van der Waals surface area contributed by atoms with Crippen molar-refractivity contribution >= 4 is 5.97 Å². The van der Waals surface area contributed by atoms with Crippen LogP contribution in [0.15, 0.2) is 0 Å². The maximum absolute atomic E-state index is 11.5. The summed E-state index contributed by atoms with van der Waals surface area (Å²) < 4.78 is 19.1. The molecule has 2 saturated heterocycles. The van der Waals surface area contributed by atoms with Crippen molar-refractivity contribution in [2.24, 2.45) is 52.3 Å². The molecule has 0 amide bonds. The van der Waals surface area contributed by atoms with E-state index in [9.17, 15) is 4.79 Å². The second-order valence-electron chi connectivity index (χ2n) is 13.7. The second kappa shape index (κ2) is 7.69. The fourth-order valence-corrected chi connectivity index (χ4v) is 10.6. The quantitative estimate of drug-likeness (QED) is 0.429. The molecule has 6 rings (SSSR count). The molecule has 4 nitrogen and oxygen atoms in total. The van der Waals surface area contributed by atoms with Gasteiger partial charge in [0.1, 0.15) is 6.10 Å². The predicted molar refractivity (Wildman–Crippen MR) is 127 cm³/mol. The van der Waals surface area contributed by atoms with E-state index in [1.165, 1.54) is 44.9 Å². The summed E-state index contributed by atoms with van der Waals surface area (Å²) in [4.78, 5) is 11.5. The van der Waals surface area contributed by atoms with E-state index in [0.29, 0.717) is 34.7 Å². The molecule has 12 atom stereocenters. The van der Waals surface area contributed by atoms with Crippen molar-refractivity contribution in [2.45, 2.75) is 117 Å². The van der Waals surface area contributed by atoms with Crippen LogP contribution in [-0.2, 0) is 19.0 Å². The van der Waals surface area contributed by atoms with Gasteiger partial charge >= 0.3 is 5.97 Å². The number of hydrogen-bond acceptors (Lipinski definition) is 4. The van der Waals surface area contributed by atoms with Gasteiger partial charge in [-0.05, 0) is 104 Å². The van der Waals surface area contributed by atoms with Crippen molar-refractivity contribution in [3.05, 3.63) is 0 Å². The van der Waals surface area contributed by atoms with Gasteiger partial charge in [-0.1, -0.05) is 27.7 Å². The molecule has 186 valence electrons. The molecule has 2 heterocycles. The Kier molecular flexibility index (Phi) is 5.32. The lowest BCUT2D eigenvalue weighted by Crippen LogP contribution is -2.55. The topological polar surface area (TPSA) is 44.8 Å². The van der Waals surface area contributed by atoms with E-state index in [2.05, 4.69) is 27.7 Å². The first kappa shape index (κ1) is 22.8. The van der Waals surface area contributed by atoms with Crippen LogP contribution in [0.2, 0.25) is 0 Å². The molecule has 1 spiro atoms. The Bertz CT molecular complexity index is 786. The summed E-state index contributed by atoms with van der Waals surface area (Å²) in [5.74, 6) is 4.63. The molecule has 0 aromatic rings. The highest BCUT2D eigenvalue weighted by molar-refractivity contribution is 5.66. The smallest absolute Gasteiger partial charge is 0.302 e. The third-order valence-corrected chi connectivity index (χ3v) is 12.2. The first-order valence-electron chi connectivity index (χ1n) is 14.2. The average molecular weight is 459 g/mol. The van der Waals surface area contributed by atoms with Gasteiger partial charge in [-0.3, -0.25) is 4.79 Å². The molecule has 0 bridgehead atoms. The molecule has 0 aromatic heterocycles. The van der Waals surface area contributed by atoms with Crippen LogP contribution in [-0.4, -0.2) is 30.6 Å². The second-order valence-corrected chi connectivity index (χ2v) is 13.7. The molecule has 0 aromatic carbocycles. The van der Waals surface area contributed by atoms with Gasteiger partial charge in [0.15, 0.2) is 5.79 Å². The van der Waals surface area contributed by atoms with Crippen LogP contribution in [0.3, 0.4) is 0 Å². The molecule has 4 heteroatoms. The van der Waals surface area contributed by atoms with Crippen molar-refractivity contribution in [1.29, 1.82) is 0 Å². The maximum atomic E-state index is 11.5. The Morgan fingerprint density at radius 3 is 2.42 bits per heavy atom. The van der Waals surface area contributed by atoms with Crippen molar-refractivity contribution in [3.63, 3.8) is 0 Å². The minimum atomic E-state index is -0.300. The Morgan fingerprint density at radius 1 is 0.909 bits per heavy atom. The highest BCUT2D eigenvalue weighted by Gasteiger charge is 2.69. The third kappa shape index (κ3) is 3.25. The van der Waals surface area contributed by atoms with E-state index >= 15 is 0 Å². The molecule has 6 aliphatic rings. The van der Waals surface area contributed by atoms with Gasteiger partial charge < -0.3 is 14.2 Å². The van der Waals surface area contributed by atoms with Gasteiger partial charge in [-0.25, -0.2) is 0 Å². The normalized spacial score (nSPS) is 57.7. The molecule has 4 aliphatic carbocycles. The minimum Gasteiger partial charge on any atom is -0.463 e. The Morgan fingerprint density at radius 2 is 1.70 bits per heavy atom.